The summed E-state index contributed by atoms with van der Waals surface area (Å²) in [7, 11) is 3.94. The highest BCUT2D eigenvalue weighted by Gasteiger charge is 2.17. The molecule has 92 valence electrons. The van der Waals surface area contributed by atoms with E-state index in [0.29, 0.717) is 4.88 Å². The Morgan fingerprint density at radius 2 is 2.06 bits per heavy atom. The molecule has 0 amide bonds. The minimum atomic E-state index is -0.882. The molecular formula is C13H17NO2S. The van der Waals surface area contributed by atoms with Gasteiger partial charge in [0.1, 0.15) is 4.88 Å². The standard InChI is InChI=1S/C13H17NO2S/c1-9-8-10(17-11(9)12(15)16)6-7-13(2,3)14(4)5/h8H,1-5H3,(H,15,16). The molecular weight excluding hydrogens is 234 g/mol. The third-order valence-electron chi connectivity index (χ3n) is 2.72. The van der Waals surface area contributed by atoms with Crippen LogP contribution in [0.4, 0.5) is 0 Å². The molecule has 0 atom stereocenters. The molecule has 1 rings (SSSR count). The SMILES string of the molecule is Cc1cc(C#CC(C)(C)N(C)C)sc1C(=O)O. The topological polar surface area (TPSA) is 40.5 Å². The summed E-state index contributed by atoms with van der Waals surface area (Å²) in [4.78, 5) is 14.1. The van der Waals surface area contributed by atoms with E-state index >= 15 is 0 Å². The van der Waals surface area contributed by atoms with E-state index in [2.05, 4.69) is 11.8 Å². The predicted octanol–water partition coefficient (Wildman–Crippen LogP) is 2.45. The Balaban J connectivity index is 3.02. The van der Waals surface area contributed by atoms with Crippen molar-refractivity contribution in [3.8, 4) is 11.8 Å². The van der Waals surface area contributed by atoms with Crippen LogP contribution in [0.25, 0.3) is 0 Å². The summed E-state index contributed by atoms with van der Waals surface area (Å²) in [6, 6.07) is 1.83. The summed E-state index contributed by atoms with van der Waals surface area (Å²) >= 11 is 1.23. The fourth-order valence-electron chi connectivity index (χ4n) is 1.08. The third kappa shape index (κ3) is 3.32. The number of thiophene rings is 1. The van der Waals surface area contributed by atoms with E-state index in [0.717, 1.165) is 10.4 Å². The van der Waals surface area contributed by atoms with Crippen LogP contribution < -0.4 is 0 Å². The van der Waals surface area contributed by atoms with Gasteiger partial charge in [-0.15, -0.1) is 11.3 Å². The molecule has 3 nitrogen and oxygen atoms in total. The first-order valence-electron chi connectivity index (χ1n) is 5.28. The summed E-state index contributed by atoms with van der Waals surface area (Å²) in [5.74, 6) is 5.31. The lowest BCUT2D eigenvalue weighted by Crippen LogP contribution is -2.36. The van der Waals surface area contributed by atoms with Crippen LogP contribution in [0.1, 0.15) is 34.0 Å². The highest BCUT2D eigenvalue weighted by molar-refractivity contribution is 7.14. The van der Waals surface area contributed by atoms with Crippen molar-refractivity contribution in [3.63, 3.8) is 0 Å². The first-order valence-corrected chi connectivity index (χ1v) is 6.10. The van der Waals surface area contributed by atoms with Gasteiger partial charge in [-0.05, 0) is 46.5 Å². The number of aromatic carboxylic acids is 1. The molecule has 0 saturated carbocycles. The normalized spacial score (nSPS) is 11.2. The van der Waals surface area contributed by atoms with Crippen molar-refractivity contribution in [2.75, 3.05) is 14.1 Å². The molecule has 0 aliphatic rings. The van der Waals surface area contributed by atoms with E-state index in [1.807, 2.05) is 38.9 Å². The molecule has 1 aromatic rings. The van der Waals surface area contributed by atoms with Crippen molar-refractivity contribution in [2.24, 2.45) is 0 Å². The second-order valence-corrected chi connectivity index (χ2v) is 5.68. The number of nitrogens with zero attached hydrogens (tertiary/aromatic N) is 1. The smallest absolute Gasteiger partial charge is 0.346 e. The van der Waals surface area contributed by atoms with E-state index in [1.54, 1.807) is 6.92 Å². The monoisotopic (exact) mass is 251 g/mol. The first-order chi connectivity index (χ1) is 7.74. The van der Waals surface area contributed by atoms with Gasteiger partial charge < -0.3 is 5.11 Å². The van der Waals surface area contributed by atoms with Crippen LogP contribution in [0.3, 0.4) is 0 Å². The number of aryl methyl sites for hydroxylation is 1. The molecule has 0 aliphatic heterocycles. The summed E-state index contributed by atoms with van der Waals surface area (Å²) < 4.78 is 0. The van der Waals surface area contributed by atoms with E-state index in [-0.39, 0.29) is 5.54 Å². The lowest BCUT2D eigenvalue weighted by atomic mass is 10.1. The van der Waals surface area contributed by atoms with Crippen molar-refractivity contribution in [1.82, 2.24) is 4.90 Å². The Bertz CT molecular complexity index is 489. The summed E-state index contributed by atoms with van der Waals surface area (Å²) in [5, 5.41) is 8.95. The van der Waals surface area contributed by atoms with E-state index in [4.69, 9.17) is 5.11 Å². The van der Waals surface area contributed by atoms with Crippen molar-refractivity contribution in [1.29, 1.82) is 0 Å². The molecule has 0 radical (unpaired) electrons. The molecule has 0 aromatic carbocycles. The van der Waals surface area contributed by atoms with Crippen molar-refractivity contribution in [3.05, 3.63) is 21.4 Å². The van der Waals surface area contributed by atoms with Gasteiger partial charge >= 0.3 is 5.97 Å². The van der Waals surface area contributed by atoms with E-state index in [1.165, 1.54) is 11.3 Å². The largest absolute Gasteiger partial charge is 0.477 e. The molecule has 0 saturated heterocycles. The van der Waals surface area contributed by atoms with Crippen LogP contribution in [-0.2, 0) is 0 Å². The molecule has 1 heterocycles. The Labute approximate surface area is 106 Å². The van der Waals surface area contributed by atoms with Gasteiger partial charge in [-0.1, -0.05) is 11.8 Å². The molecule has 4 heteroatoms. The summed E-state index contributed by atoms with van der Waals surface area (Å²) in [6.45, 7) is 5.85. The summed E-state index contributed by atoms with van der Waals surface area (Å²) in [5.41, 5.74) is 0.552. The van der Waals surface area contributed by atoms with Gasteiger partial charge in [0.15, 0.2) is 0 Å². The zero-order valence-electron chi connectivity index (χ0n) is 10.8. The maximum atomic E-state index is 10.9. The quantitative estimate of drug-likeness (QED) is 0.821. The van der Waals surface area contributed by atoms with Crippen molar-refractivity contribution in [2.45, 2.75) is 26.3 Å². The molecule has 0 spiro atoms. The van der Waals surface area contributed by atoms with Crippen LogP contribution in [0, 0.1) is 18.8 Å². The van der Waals surface area contributed by atoms with Crippen LogP contribution in [0.2, 0.25) is 0 Å². The molecule has 0 aliphatic carbocycles. The summed E-state index contributed by atoms with van der Waals surface area (Å²) in [6.07, 6.45) is 0. The average Bonchev–Trinajstić information content (AvgIpc) is 2.57. The zero-order valence-corrected chi connectivity index (χ0v) is 11.6. The second kappa shape index (κ2) is 4.91. The number of carboxylic acids is 1. The lowest BCUT2D eigenvalue weighted by molar-refractivity contribution is 0.0701. The van der Waals surface area contributed by atoms with Gasteiger partial charge in [-0.3, -0.25) is 4.90 Å². The zero-order chi connectivity index (χ0) is 13.2. The highest BCUT2D eigenvalue weighted by Crippen LogP contribution is 2.21. The first kappa shape index (κ1) is 13.8. The Morgan fingerprint density at radius 3 is 2.47 bits per heavy atom. The molecule has 17 heavy (non-hydrogen) atoms. The van der Waals surface area contributed by atoms with Gasteiger partial charge in [0.2, 0.25) is 0 Å². The minimum absolute atomic E-state index is 0.221. The van der Waals surface area contributed by atoms with Crippen LogP contribution in [0.5, 0.6) is 0 Å². The van der Waals surface area contributed by atoms with E-state index < -0.39 is 5.97 Å². The predicted molar refractivity (Wildman–Crippen MR) is 70.7 cm³/mol. The van der Waals surface area contributed by atoms with Gasteiger partial charge in [-0.2, -0.15) is 0 Å². The second-order valence-electron chi connectivity index (χ2n) is 4.63. The fraction of sp³-hybridized carbons (Fsp3) is 0.462. The maximum absolute atomic E-state index is 10.9. The number of rotatable bonds is 2. The van der Waals surface area contributed by atoms with Crippen molar-refractivity contribution < 1.29 is 9.90 Å². The van der Waals surface area contributed by atoms with Crippen LogP contribution in [-0.4, -0.2) is 35.6 Å². The van der Waals surface area contributed by atoms with Crippen LogP contribution in [0.15, 0.2) is 6.07 Å². The number of carbonyl (C=O) groups is 1. The third-order valence-corrected chi connectivity index (χ3v) is 3.86. The maximum Gasteiger partial charge on any atom is 0.346 e. The highest BCUT2D eigenvalue weighted by atomic mass is 32.1. The number of hydrogen-bond donors (Lipinski definition) is 1. The van der Waals surface area contributed by atoms with Crippen molar-refractivity contribution >= 4 is 17.3 Å². The minimum Gasteiger partial charge on any atom is -0.477 e. The number of hydrogen-bond acceptors (Lipinski definition) is 3. The van der Waals surface area contributed by atoms with Gasteiger partial charge in [0.25, 0.3) is 0 Å². The average molecular weight is 251 g/mol. The van der Waals surface area contributed by atoms with Gasteiger partial charge in [0, 0.05) is 0 Å². The Morgan fingerprint density at radius 1 is 1.47 bits per heavy atom. The van der Waals surface area contributed by atoms with E-state index in [9.17, 15) is 4.79 Å². The van der Waals surface area contributed by atoms with Gasteiger partial charge in [-0.25, -0.2) is 4.79 Å². The molecule has 0 unspecified atom stereocenters. The van der Waals surface area contributed by atoms with Gasteiger partial charge in [0.05, 0.1) is 10.4 Å². The molecule has 0 fully saturated rings. The molecule has 1 N–H and O–H groups in total. The Hall–Kier alpha value is -1.31. The Kier molecular flexibility index (Phi) is 3.97. The lowest BCUT2D eigenvalue weighted by Gasteiger charge is -2.26. The number of carboxylic acid groups (broad SMARTS) is 1. The molecule has 0 bridgehead atoms. The van der Waals surface area contributed by atoms with Crippen LogP contribution >= 0.6 is 11.3 Å². The fourth-order valence-corrected chi connectivity index (χ4v) is 1.95. The molecule has 1 aromatic heterocycles.